The zero-order chi connectivity index (χ0) is 39.6. The van der Waals surface area contributed by atoms with Crippen molar-refractivity contribution in [1.82, 2.24) is 20.0 Å². The van der Waals surface area contributed by atoms with E-state index in [1.54, 1.807) is 0 Å². The van der Waals surface area contributed by atoms with Crippen LogP contribution in [-0.4, -0.2) is 78.4 Å². The molecular weight excluding hydrogens is 732 g/mol. The summed E-state index contributed by atoms with van der Waals surface area (Å²) in [5, 5.41) is 9.51. The highest BCUT2D eigenvalue weighted by Gasteiger charge is 2.45. The highest BCUT2D eigenvalue weighted by atomic mass is 35.5. The third kappa shape index (κ3) is 12.2. The number of carbonyl (C=O) groups is 2. The standard InChI is InChI=1S/C29H28ClF6N9O3.C5H12/c1-38-14-41-45(27(35)36)22-9-17(7-8-20(22)30)23(13-48-29(47)42-21-10-19(21)24(31)32)44(28(37)39-2)25(46)16-5-3-15(4-6-16)18-11-40-43(12-18)26(33)34;1-5(2,3)4/h3-9,11-12,14,19,21,23-24,26-27H,1,10,13H2,2H3,(H2,37,39)(H,42,47);1-4H3/b41-14-;/t19?,21-,23+;/m0./s1. The smallest absolute Gasteiger partial charge is 0.407 e. The van der Waals surface area contributed by atoms with Crippen molar-refractivity contribution in [2.45, 2.75) is 65.7 Å². The lowest BCUT2D eigenvalue weighted by molar-refractivity contribution is 0.0566. The molecule has 1 heterocycles. The molecule has 288 valence electrons. The van der Waals surface area contributed by atoms with Crippen molar-refractivity contribution in [3.05, 3.63) is 71.0 Å². The zero-order valence-corrected chi connectivity index (χ0v) is 30.2. The van der Waals surface area contributed by atoms with Crippen LogP contribution in [0.1, 0.15) is 62.6 Å². The number of aliphatic imine (C=N–C) groups is 2. The molecule has 0 saturated heterocycles. The molecule has 2 amide bonds. The highest BCUT2D eigenvalue weighted by molar-refractivity contribution is 6.33. The Labute approximate surface area is 307 Å². The first-order valence-corrected chi connectivity index (χ1v) is 16.3. The fraction of sp³-hybridized carbons (Fsp3) is 0.412. The van der Waals surface area contributed by atoms with E-state index in [9.17, 15) is 35.9 Å². The predicted octanol–water partition coefficient (Wildman–Crippen LogP) is 7.83. The summed E-state index contributed by atoms with van der Waals surface area (Å²) in [6.07, 6.45) is -0.589. The van der Waals surface area contributed by atoms with Gasteiger partial charge >= 0.3 is 19.2 Å². The van der Waals surface area contributed by atoms with E-state index < -0.39 is 56.1 Å². The maximum Gasteiger partial charge on any atom is 0.407 e. The summed E-state index contributed by atoms with van der Waals surface area (Å²) < 4.78 is 85.7. The van der Waals surface area contributed by atoms with Crippen LogP contribution < -0.4 is 16.1 Å². The molecule has 12 nitrogen and oxygen atoms in total. The van der Waals surface area contributed by atoms with Crippen LogP contribution in [0.25, 0.3) is 11.1 Å². The number of halogens is 7. The van der Waals surface area contributed by atoms with Crippen LogP contribution in [0.2, 0.25) is 5.02 Å². The van der Waals surface area contributed by atoms with E-state index in [4.69, 9.17) is 22.1 Å². The van der Waals surface area contributed by atoms with Crippen LogP contribution in [0, 0.1) is 11.3 Å². The number of nitrogens with two attached hydrogens (primary N) is 1. The summed E-state index contributed by atoms with van der Waals surface area (Å²) in [7, 11) is 1.27. The topological polar surface area (TPSA) is 143 Å². The number of aromatic nitrogens is 2. The molecule has 0 aliphatic heterocycles. The number of anilines is 1. The lowest BCUT2D eigenvalue weighted by Crippen LogP contribution is -2.46. The van der Waals surface area contributed by atoms with Crippen molar-refractivity contribution < 1.29 is 40.7 Å². The van der Waals surface area contributed by atoms with Gasteiger partial charge in [-0.05, 0) is 53.9 Å². The van der Waals surface area contributed by atoms with E-state index in [1.807, 2.05) is 0 Å². The third-order valence-electron chi connectivity index (χ3n) is 7.16. The summed E-state index contributed by atoms with van der Waals surface area (Å²) in [4.78, 5) is 34.8. The first-order chi connectivity index (χ1) is 24.9. The molecule has 19 heteroatoms. The summed E-state index contributed by atoms with van der Waals surface area (Å²) >= 11 is 6.23. The molecule has 3 N–H and O–H groups in total. The molecule has 4 rings (SSSR count). The molecule has 1 aliphatic rings. The number of hydrogen-bond donors (Lipinski definition) is 2. The summed E-state index contributed by atoms with van der Waals surface area (Å²) in [5.41, 5.74) is 7.22. The Balaban J connectivity index is 0.00000141. The number of alkyl halides is 6. The average Bonchev–Trinajstić information content (AvgIpc) is 3.67. The Kier molecular flexibility index (Phi) is 14.8. The van der Waals surface area contributed by atoms with Crippen molar-refractivity contribution in [1.29, 1.82) is 0 Å². The number of guanidine groups is 1. The van der Waals surface area contributed by atoms with Gasteiger partial charge < -0.3 is 15.8 Å². The molecule has 0 spiro atoms. The molecule has 53 heavy (non-hydrogen) atoms. The van der Waals surface area contributed by atoms with Gasteiger partial charge in [-0.15, -0.1) is 0 Å². The first-order valence-electron chi connectivity index (χ1n) is 15.9. The Morgan fingerprint density at radius 1 is 1.11 bits per heavy atom. The van der Waals surface area contributed by atoms with Crippen LogP contribution in [0.4, 0.5) is 36.8 Å². The fourth-order valence-corrected chi connectivity index (χ4v) is 4.80. The molecule has 1 unspecified atom stereocenters. The molecule has 2 aromatic carbocycles. The Bertz CT molecular complexity index is 1760. The van der Waals surface area contributed by atoms with E-state index in [0.717, 1.165) is 23.5 Å². The number of alkyl carbamates (subject to hydrolysis) is 1. The Morgan fingerprint density at radius 2 is 1.75 bits per heavy atom. The molecular formula is C34H40ClF6N9O3. The van der Waals surface area contributed by atoms with Gasteiger partial charge in [0.25, 0.3) is 5.91 Å². The van der Waals surface area contributed by atoms with Crippen molar-refractivity contribution in [2.24, 2.45) is 32.2 Å². The largest absolute Gasteiger partial charge is 0.447 e. The van der Waals surface area contributed by atoms with Gasteiger partial charge in [-0.3, -0.25) is 19.7 Å². The van der Waals surface area contributed by atoms with Crippen LogP contribution in [0.3, 0.4) is 0 Å². The van der Waals surface area contributed by atoms with Crippen molar-refractivity contribution in [2.75, 3.05) is 18.7 Å². The number of nitrogens with one attached hydrogen (secondary N) is 1. The van der Waals surface area contributed by atoms with E-state index >= 15 is 0 Å². The summed E-state index contributed by atoms with van der Waals surface area (Å²) in [6, 6.07) is 7.27. The lowest BCUT2D eigenvalue weighted by atomic mass is 10.0. The molecule has 3 aromatic rings. The molecule has 0 bridgehead atoms. The fourth-order valence-electron chi connectivity index (χ4n) is 4.60. The van der Waals surface area contributed by atoms with Crippen molar-refractivity contribution >= 4 is 48.3 Å². The number of hydrazone groups is 1. The number of amides is 2. The SMILES string of the molecule is C=N/C=N\N(c1cc([C@@H](COC(=O)N[C@H]2CC2C(F)F)N(C(=O)c2ccc(-c3cnn(C(F)F)c3)cc2)C(N)=NC)ccc1Cl)C(F)F.CC(C)(C)C. The summed E-state index contributed by atoms with van der Waals surface area (Å²) in [5.74, 6) is -2.21. The van der Waals surface area contributed by atoms with Crippen LogP contribution >= 0.6 is 11.6 Å². The van der Waals surface area contributed by atoms with Crippen LogP contribution in [0.15, 0.2) is 69.9 Å². The maximum atomic E-state index is 14.0. The van der Waals surface area contributed by atoms with Crippen molar-refractivity contribution in [3.8, 4) is 11.1 Å². The second-order valence-corrected chi connectivity index (χ2v) is 13.6. The van der Waals surface area contributed by atoms with Gasteiger partial charge in [0.15, 0.2) is 5.96 Å². The van der Waals surface area contributed by atoms with E-state index in [1.165, 1.54) is 49.6 Å². The second-order valence-electron chi connectivity index (χ2n) is 13.2. The monoisotopic (exact) mass is 771 g/mol. The van der Waals surface area contributed by atoms with Gasteiger partial charge in [0, 0.05) is 36.3 Å². The predicted molar refractivity (Wildman–Crippen MR) is 191 cm³/mol. The van der Waals surface area contributed by atoms with E-state index in [-0.39, 0.29) is 39.2 Å². The minimum absolute atomic E-state index is 0.0175. The first kappa shape index (κ1) is 42.3. The number of carbonyl (C=O) groups excluding carboxylic acids is 2. The average molecular weight is 772 g/mol. The van der Waals surface area contributed by atoms with Gasteiger partial charge in [-0.1, -0.05) is 57.5 Å². The molecule has 3 atom stereocenters. The van der Waals surface area contributed by atoms with Gasteiger partial charge in [0.05, 0.1) is 22.9 Å². The number of benzene rings is 2. The number of ether oxygens (including phenoxy) is 1. The normalized spacial score (nSPS) is 16.3. The van der Waals surface area contributed by atoms with Crippen molar-refractivity contribution in [3.63, 3.8) is 0 Å². The quantitative estimate of drug-likeness (QED) is 0.0597. The van der Waals surface area contributed by atoms with Crippen LogP contribution in [0.5, 0.6) is 0 Å². The Morgan fingerprint density at radius 3 is 2.26 bits per heavy atom. The summed E-state index contributed by atoms with van der Waals surface area (Å²) in [6.45, 7) is 5.20. The zero-order valence-electron chi connectivity index (χ0n) is 29.4. The molecule has 0 radical (unpaired) electrons. The second kappa shape index (κ2) is 18.6. The minimum atomic E-state index is -3.20. The van der Waals surface area contributed by atoms with E-state index in [2.05, 4.69) is 59.9 Å². The van der Waals surface area contributed by atoms with E-state index in [0.29, 0.717) is 21.2 Å². The maximum absolute atomic E-state index is 14.0. The molecule has 1 aromatic heterocycles. The molecule has 1 saturated carbocycles. The van der Waals surface area contributed by atoms with Gasteiger partial charge in [-0.25, -0.2) is 23.3 Å². The highest BCUT2D eigenvalue weighted by Crippen LogP contribution is 2.37. The van der Waals surface area contributed by atoms with Gasteiger partial charge in [-0.2, -0.15) is 27.8 Å². The van der Waals surface area contributed by atoms with Crippen LogP contribution in [-0.2, 0) is 4.74 Å². The number of nitrogens with zero attached hydrogens (tertiary/aromatic N) is 7. The van der Waals surface area contributed by atoms with Gasteiger partial charge in [0.1, 0.15) is 12.9 Å². The van der Waals surface area contributed by atoms with Gasteiger partial charge in [0.2, 0.25) is 6.43 Å². The number of hydrogen-bond acceptors (Lipinski definition) is 7. The number of rotatable bonds is 13. The molecule has 1 aliphatic carbocycles. The Hall–Kier alpha value is -5.13. The lowest BCUT2D eigenvalue weighted by Gasteiger charge is -2.32. The third-order valence-corrected chi connectivity index (χ3v) is 7.48. The molecule has 1 fully saturated rings. The minimum Gasteiger partial charge on any atom is -0.447 e.